The van der Waals surface area contributed by atoms with Crippen LogP contribution in [0.25, 0.3) is 0 Å². The minimum absolute atomic E-state index is 0.182. The minimum Gasteiger partial charge on any atom is -0.445 e. The van der Waals surface area contributed by atoms with Crippen molar-refractivity contribution in [3.8, 4) is 5.75 Å². The third-order valence-electron chi connectivity index (χ3n) is 6.64. The number of hydrogen-bond acceptors (Lipinski definition) is 5. The zero-order valence-corrected chi connectivity index (χ0v) is 16.9. The number of carbonyl (C=O) groups is 2. The number of carbonyl (C=O) groups excluding carboxylic acids is 2. The normalized spacial score (nSPS) is 19.7. The summed E-state index contributed by atoms with van der Waals surface area (Å²) >= 11 is 0. The standard InChI is InChI=1S/C24H26N2O4/c27-22-12-18-6-7-19(13-21(18)30-22)25-20-14-24(15-20)8-10-26(11-9-24)23(28)29-16-17-4-2-1-3-5-17/h1-7,13,20,25H,8-12,14-16H2. The summed E-state index contributed by atoms with van der Waals surface area (Å²) in [6, 6.07) is 16.1. The molecule has 0 bridgehead atoms. The topological polar surface area (TPSA) is 67.9 Å². The highest BCUT2D eigenvalue weighted by molar-refractivity contribution is 5.81. The molecule has 1 saturated heterocycles. The molecule has 1 N–H and O–H groups in total. The average molecular weight is 406 g/mol. The van der Waals surface area contributed by atoms with Crippen LogP contribution in [0.2, 0.25) is 0 Å². The molecule has 2 aromatic carbocycles. The molecule has 1 aliphatic carbocycles. The molecule has 1 saturated carbocycles. The molecule has 1 spiro atoms. The fourth-order valence-electron chi connectivity index (χ4n) is 4.91. The number of esters is 1. The lowest BCUT2D eigenvalue weighted by molar-refractivity contribution is -0.131. The smallest absolute Gasteiger partial charge is 0.410 e. The van der Waals surface area contributed by atoms with Gasteiger partial charge in [-0.3, -0.25) is 4.79 Å². The Morgan fingerprint density at radius 3 is 2.67 bits per heavy atom. The van der Waals surface area contributed by atoms with Gasteiger partial charge in [-0.15, -0.1) is 0 Å². The Labute approximate surface area is 176 Å². The summed E-state index contributed by atoms with van der Waals surface area (Å²) in [4.78, 5) is 25.6. The first-order valence-electron chi connectivity index (χ1n) is 10.6. The van der Waals surface area contributed by atoms with Crippen LogP contribution in [0.1, 0.15) is 36.8 Å². The number of benzene rings is 2. The monoisotopic (exact) mass is 406 g/mol. The third kappa shape index (κ3) is 3.86. The Hall–Kier alpha value is -3.02. The second kappa shape index (κ2) is 7.67. The number of nitrogens with one attached hydrogen (secondary N) is 1. The van der Waals surface area contributed by atoms with E-state index in [-0.39, 0.29) is 12.1 Å². The number of rotatable bonds is 4. The Balaban J connectivity index is 1.07. The van der Waals surface area contributed by atoms with E-state index in [1.807, 2.05) is 53.4 Å². The number of amides is 1. The Kier molecular flexibility index (Phi) is 4.85. The van der Waals surface area contributed by atoms with Crippen LogP contribution in [0, 0.1) is 5.41 Å². The maximum Gasteiger partial charge on any atom is 0.410 e. The molecule has 2 aromatic rings. The minimum atomic E-state index is -0.213. The van der Waals surface area contributed by atoms with E-state index >= 15 is 0 Å². The highest BCUT2D eigenvalue weighted by atomic mass is 16.6. The van der Waals surface area contributed by atoms with Gasteiger partial charge in [-0.2, -0.15) is 0 Å². The van der Waals surface area contributed by atoms with Gasteiger partial charge in [-0.1, -0.05) is 36.4 Å². The number of nitrogens with zero attached hydrogens (tertiary/aromatic N) is 1. The lowest BCUT2D eigenvalue weighted by atomic mass is 9.60. The summed E-state index contributed by atoms with van der Waals surface area (Å²) in [7, 11) is 0. The zero-order chi connectivity index (χ0) is 20.6. The van der Waals surface area contributed by atoms with Crippen molar-refractivity contribution in [2.75, 3.05) is 18.4 Å². The second-order valence-electron chi connectivity index (χ2n) is 8.75. The van der Waals surface area contributed by atoms with Crippen LogP contribution in [0.15, 0.2) is 48.5 Å². The molecular formula is C24H26N2O4. The van der Waals surface area contributed by atoms with Crippen molar-refractivity contribution < 1.29 is 19.1 Å². The van der Waals surface area contributed by atoms with Crippen molar-refractivity contribution in [2.45, 2.75) is 44.8 Å². The Morgan fingerprint density at radius 1 is 1.13 bits per heavy atom. The second-order valence-corrected chi connectivity index (χ2v) is 8.75. The highest BCUT2D eigenvalue weighted by Crippen LogP contribution is 2.50. The lowest BCUT2D eigenvalue weighted by Gasteiger charge is -2.52. The van der Waals surface area contributed by atoms with Crippen LogP contribution in [-0.4, -0.2) is 36.1 Å². The Morgan fingerprint density at radius 2 is 1.90 bits per heavy atom. The van der Waals surface area contributed by atoms with E-state index in [1.54, 1.807) is 0 Å². The van der Waals surface area contributed by atoms with Crippen molar-refractivity contribution in [1.29, 1.82) is 0 Å². The van der Waals surface area contributed by atoms with Crippen LogP contribution in [0.5, 0.6) is 5.75 Å². The van der Waals surface area contributed by atoms with Crippen molar-refractivity contribution in [1.82, 2.24) is 4.90 Å². The number of fused-ring (bicyclic) bond motifs is 1. The molecule has 6 nitrogen and oxygen atoms in total. The molecule has 2 fully saturated rings. The van der Waals surface area contributed by atoms with Crippen molar-refractivity contribution in [3.05, 3.63) is 59.7 Å². The number of hydrogen-bond donors (Lipinski definition) is 1. The van der Waals surface area contributed by atoms with Crippen LogP contribution >= 0.6 is 0 Å². The van der Waals surface area contributed by atoms with Gasteiger partial charge in [0, 0.05) is 36.4 Å². The molecule has 0 aromatic heterocycles. The molecule has 3 aliphatic rings. The summed E-state index contributed by atoms with van der Waals surface area (Å²) < 4.78 is 10.7. The van der Waals surface area contributed by atoms with Crippen LogP contribution in [-0.2, 0) is 22.6 Å². The quantitative estimate of drug-likeness (QED) is 0.611. The molecule has 1 amide bonds. The SMILES string of the molecule is O=C1Cc2ccc(NC3CC4(CCN(C(=O)OCc5ccccc5)CC4)C3)cc2O1. The van der Waals surface area contributed by atoms with Gasteiger partial charge in [0.15, 0.2) is 0 Å². The van der Waals surface area contributed by atoms with Gasteiger partial charge in [0.05, 0.1) is 6.42 Å². The molecule has 156 valence electrons. The first-order chi connectivity index (χ1) is 14.6. The van der Waals surface area contributed by atoms with E-state index in [0.717, 1.165) is 55.6 Å². The molecule has 2 heterocycles. The predicted octanol–water partition coefficient (Wildman–Crippen LogP) is 4.14. The maximum atomic E-state index is 12.4. The number of anilines is 1. The Bertz CT molecular complexity index is 943. The number of likely N-dealkylation sites (tertiary alicyclic amines) is 1. The van der Waals surface area contributed by atoms with Gasteiger partial charge in [0.25, 0.3) is 0 Å². The summed E-state index contributed by atoms with van der Waals surface area (Å²) in [6.45, 7) is 1.84. The lowest BCUT2D eigenvalue weighted by Crippen LogP contribution is -2.52. The van der Waals surface area contributed by atoms with Gasteiger partial charge in [0.2, 0.25) is 0 Å². The molecule has 0 atom stereocenters. The molecular weight excluding hydrogens is 380 g/mol. The summed E-state index contributed by atoms with van der Waals surface area (Å²) in [6.07, 6.45) is 4.41. The fraction of sp³-hybridized carbons (Fsp3) is 0.417. The van der Waals surface area contributed by atoms with Crippen LogP contribution < -0.4 is 10.1 Å². The van der Waals surface area contributed by atoms with E-state index < -0.39 is 0 Å². The molecule has 2 aliphatic heterocycles. The van der Waals surface area contributed by atoms with E-state index in [4.69, 9.17) is 9.47 Å². The van der Waals surface area contributed by atoms with Crippen molar-refractivity contribution in [3.63, 3.8) is 0 Å². The van der Waals surface area contributed by atoms with Crippen LogP contribution in [0.4, 0.5) is 10.5 Å². The van der Waals surface area contributed by atoms with Crippen molar-refractivity contribution >= 4 is 17.7 Å². The van der Waals surface area contributed by atoms with Crippen molar-refractivity contribution in [2.24, 2.45) is 5.41 Å². The largest absolute Gasteiger partial charge is 0.445 e. The average Bonchev–Trinajstić information content (AvgIpc) is 3.11. The number of ether oxygens (including phenoxy) is 2. The molecule has 5 rings (SSSR count). The summed E-state index contributed by atoms with van der Waals surface area (Å²) in [5, 5.41) is 3.57. The van der Waals surface area contributed by atoms with Gasteiger partial charge in [-0.25, -0.2) is 4.79 Å². The summed E-state index contributed by atoms with van der Waals surface area (Å²) in [5.41, 5.74) is 3.30. The third-order valence-corrected chi connectivity index (χ3v) is 6.64. The van der Waals surface area contributed by atoms with E-state index in [1.165, 1.54) is 0 Å². The van der Waals surface area contributed by atoms with Crippen LogP contribution in [0.3, 0.4) is 0 Å². The van der Waals surface area contributed by atoms with Gasteiger partial charge >= 0.3 is 12.1 Å². The highest BCUT2D eigenvalue weighted by Gasteiger charge is 2.46. The molecule has 0 unspecified atom stereocenters. The zero-order valence-electron chi connectivity index (χ0n) is 16.9. The van der Waals surface area contributed by atoms with E-state index in [2.05, 4.69) is 5.32 Å². The number of piperidine rings is 1. The maximum absolute atomic E-state index is 12.4. The van der Waals surface area contributed by atoms with Gasteiger partial charge in [0.1, 0.15) is 12.4 Å². The molecule has 6 heteroatoms. The van der Waals surface area contributed by atoms with Gasteiger partial charge < -0.3 is 19.7 Å². The molecule has 30 heavy (non-hydrogen) atoms. The molecule has 0 radical (unpaired) electrons. The fourth-order valence-corrected chi connectivity index (χ4v) is 4.91. The summed E-state index contributed by atoms with van der Waals surface area (Å²) in [5.74, 6) is 0.500. The van der Waals surface area contributed by atoms with E-state index in [0.29, 0.717) is 30.2 Å². The van der Waals surface area contributed by atoms with Gasteiger partial charge in [-0.05, 0) is 42.7 Å². The van der Waals surface area contributed by atoms with E-state index in [9.17, 15) is 9.59 Å². The first kappa shape index (κ1) is 19.0. The first-order valence-corrected chi connectivity index (χ1v) is 10.6. The predicted molar refractivity (Wildman–Crippen MR) is 112 cm³/mol.